The van der Waals surface area contributed by atoms with E-state index in [0.717, 1.165) is 25.7 Å². The van der Waals surface area contributed by atoms with Crippen molar-refractivity contribution in [2.75, 3.05) is 0 Å². The van der Waals surface area contributed by atoms with Gasteiger partial charge in [-0.1, -0.05) is 24.3 Å². The molecule has 1 amide bonds. The van der Waals surface area contributed by atoms with Crippen LogP contribution in [0.25, 0.3) is 0 Å². The summed E-state index contributed by atoms with van der Waals surface area (Å²) in [4.78, 5) is 11.9. The summed E-state index contributed by atoms with van der Waals surface area (Å²) in [5.41, 5.74) is 1.46. The molecule has 0 spiro atoms. The van der Waals surface area contributed by atoms with Gasteiger partial charge in [0.1, 0.15) is 5.60 Å². The van der Waals surface area contributed by atoms with E-state index in [1.165, 1.54) is 5.56 Å². The molecule has 0 aromatic heterocycles. The summed E-state index contributed by atoms with van der Waals surface area (Å²) in [6.07, 6.45) is 3.61. The summed E-state index contributed by atoms with van der Waals surface area (Å²) in [5, 5.41) is 21.3. The molecule has 3 N–H and O–H groups in total. The van der Waals surface area contributed by atoms with Crippen molar-refractivity contribution in [2.24, 2.45) is 5.41 Å². The smallest absolute Gasteiger partial charge is 0.444 e. The van der Waals surface area contributed by atoms with Gasteiger partial charge < -0.3 is 20.1 Å². The zero-order chi connectivity index (χ0) is 16.9. The van der Waals surface area contributed by atoms with Crippen LogP contribution in [0, 0.1) is 5.41 Å². The molecular weight excluding hydrogens is 293 g/mol. The number of carbonyl (C=O) groups is 1. The molecule has 2 bridgehead atoms. The minimum atomic E-state index is -1.42. The normalized spacial score (nSPS) is 28.4. The number of carbonyl (C=O) groups excluding carboxylic acids is 1. The van der Waals surface area contributed by atoms with E-state index in [9.17, 15) is 4.79 Å². The highest BCUT2D eigenvalue weighted by molar-refractivity contribution is 6.58. The van der Waals surface area contributed by atoms with E-state index in [4.69, 9.17) is 14.8 Å². The van der Waals surface area contributed by atoms with Gasteiger partial charge in [0.25, 0.3) is 0 Å². The van der Waals surface area contributed by atoms with Crippen molar-refractivity contribution in [3.63, 3.8) is 0 Å². The lowest BCUT2D eigenvalue weighted by Crippen LogP contribution is -2.75. The van der Waals surface area contributed by atoms with Gasteiger partial charge in [-0.25, -0.2) is 4.79 Å². The van der Waals surface area contributed by atoms with Gasteiger partial charge in [0.2, 0.25) is 0 Å². The Morgan fingerprint density at radius 1 is 1.22 bits per heavy atom. The Labute approximate surface area is 137 Å². The van der Waals surface area contributed by atoms with Crippen LogP contribution in [-0.2, 0) is 11.2 Å². The first kappa shape index (κ1) is 16.3. The average Bonchev–Trinajstić information content (AvgIpc) is 2.33. The largest absolute Gasteiger partial charge is 0.488 e. The molecule has 3 aliphatic rings. The Balaban J connectivity index is 1.50. The predicted octanol–water partition coefficient (Wildman–Crippen LogP) is 1.36. The van der Waals surface area contributed by atoms with Gasteiger partial charge in [0, 0.05) is 5.54 Å². The van der Waals surface area contributed by atoms with Crippen molar-refractivity contribution in [3.05, 3.63) is 29.8 Å². The molecular formula is C17H24BNO4. The van der Waals surface area contributed by atoms with Crippen LogP contribution in [0.15, 0.2) is 24.3 Å². The van der Waals surface area contributed by atoms with Crippen LogP contribution in [0.3, 0.4) is 0 Å². The van der Waals surface area contributed by atoms with Crippen LogP contribution >= 0.6 is 0 Å². The Hall–Kier alpha value is -1.53. The summed E-state index contributed by atoms with van der Waals surface area (Å²) >= 11 is 0. The van der Waals surface area contributed by atoms with Crippen molar-refractivity contribution in [1.29, 1.82) is 0 Å². The van der Waals surface area contributed by atoms with E-state index >= 15 is 0 Å². The summed E-state index contributed by atoms with van der Waals surface area (Å²) in [6, 6.07) is 7.40. The Kier molecular flexibility index (Phi) is 3.73. The highest BCUT2D eigenvalue weighted by Crippen LogP contribution is 2.68. The van der Waals surface area contributed by atoms with Gasteiger partial charge in [-0.05, 0) is 62.9 Å². The van der Waals surface area contributed by atoms with Crippen molar-refractivity contribution < 1.29 is 19.6 Å². The first-order valence-electron chi connectivity index (χ1n) is 8.07. The highest BCUT2D eigenvalue weighted by atomic mass is 16.6. The van der Waals surface area contributed by atoms with E-state index in [-0.39, 0.29) is 17.0 Å². The maximum absolute atomic E-state index is 11.9. The fraction of sp³-hybridized carbons (Fsp3) is 0.588. The number of hydrogen-bond acceptors (Lipinski definition) is 4. The predicted molar refractivity (Wildman–Crippen MR) is 88.4 cm³/mol. The molecule has 0 heterocycles. The SMILES string of the molecule is CC(C)(C)OC(=O)NC12CC(Cc3ccc(B(O)O)cc3)(C1)C2. The molecule has 0 radical (unpaired) electrons. The summed E-state index contributed by atoms with van der Waals surface area (Å²) in [6.45, 7) is 5.59. The molecule has 0 unspecified atom stereocenters. The molecule has 0 aliphatic heterocycles. The number of benzene rings is 1. The van der Waals surface area contributed by atoms with Crippen molar-refractivity contribution in [3.8, 4) is 0 Å². The highest BCUT2D eigenvalue weighted by Gasteiger charge is 2.68. The van der Waals surface area contributed by atoms with Crippen molar-refractivity contribution in [1.82, 2.24) is 5.32 Å². The lowest BCUT2D eigenvalue weighted by Gasteiger charge is -2.70. The topological polar surface area (TPSA) is 78.8 Å². The Morgan fingerprint density at radius 2 is 1.78 bits per heavy atom. The van der Waals surface area contributed by atoms with Gasteiger partial charge in [-0.3, -0.25) is 0 Å². The standard InChI is InChI=1S/C17H24BNO4/c1-15(2,3)23-14(20)19-17-9-16(10-17,11-17)8-12-4-6-13(7-5-12)18(21)22/h4-7,21-22H,8-11H2,1-3H3,(H,19,20). The van der Waals surface area contributed by atoms with Crippen molar-refractivity contribution in [2.45, 2.75) is 57.6 Å². The minimum Gasteiger partial charge on any atom is -0.444 e. The minimum absolute atomic E-state index is 0.0659. The van der Waals surface area contributed by atoms with E-state index in [2.05, 4.69) is 5.32 Å². The van der Waals surface area contributed by atoms with E-state index in [0.29, 0.717) is 5.46 Å². The molecule has 5 nitrogen and oxygen atoms in total. The van der Waals surface area contributed by atoms with Crippen LogP contribution in [0.1, 0.15) is 45.6 Å². The second-order valence-corrected chi connectivity index (χ2v) is 8.23. The maximum Gasteiger partial charge on any atom is 0.488 e. The lowest BCUT2D eigenvalue weighted by molar-refractivity contribution is -0.150. The molecule has 1 aromatic rings. The Morgan fingerprint density at radius 3 is 2.26 bits per heavy atom. The number of nitrogens with one attached hydrogen (secondary N) is 1. The molecule has 3 fully saturated rings. The second-order valence-electron chi connectivity index (χ2n) is 8.23. The number of rotatable bonds is 4. The van der Waals surface area contributed by atoms with Crippen LogP contribution in [0.2, 0.25) is 0 Å². The molecule has 3 aliphatic carbocycles. The van der Waals surface area contributed by atoms with E-state index in [1.807, 2.05) is 32.9 Å². The first-order valence-corrected chi connectivity index (χ1v) is 8.07. The van der Waals surface area contributed by atoms with Crippen LogP contribution < -0.4 is 10.8 Å². The van der Waals surface area contributed by atoms with Gasteiger partial charge >= 0.3 is 13.2 Å². The quantitative estimate of drug-likeness (QED) is 0.733. The molecule has 1 aromatic carbocycles. The second kappa shape index (κ2) is 5.25. The summed E-state index contributed by atoms with van der Waals surface area (Å²) < 4.78 is 5.32. The number of ether oxygens (including phenoxy) is 1. The van der Waals surface area contributed by atoms with Gasteiger partial charge in [0.15, 0.2) is 0 Å². The van der Waals surface area contributed by atoms with Crippen LogP contribution in [-0.4, -0.2) is 34.4 Å². The number of alkyl carbamates (subject to hydrolysis) is 1. The fourth-order valence-electron chi connectivity index (χ4n) is 4.08. The number of hydrogen-bond donors (Lipinski definition) is 3. The van der Waals surface area contributed by atoms with E-state index < -0.39 is 12.7 Å². The molecule has 4 rings (SSSR count). The van der Waals surface area contributed by atoms with Gasteiger partial charge in [0.05, 0.1) is 0 Å². The first-order chi connectivity index (χ1) is 10.6. The molecule has 23 heavy (non-hydrogen) atoms. The van der Waals surface area contributed by atoms with Gasteiger partial charge in [-0.2, -0.15) is 0 Å². The van der Waals surface area contributed by atoms with Gasteiger partial charge in [-0.15, -0.1) is 0 Å². The fourth-order valence-corrected chi connectivity index (χ4v) is 4.08. The lowest BCUT2D eigenvalue weighted by atomic mass is 9.38. The molecule has 0 saturated heterocycles. The van der Waals surface area contributed by atoms with Crippen LogP contribution in [0.4, 0.5) is 4.79 Å². The molecule has 6 heteroatoms. The molecule has 0 atom stereocenters. The number of amides is 1. The summed E-state index contributed by atoms with van der Waals surface area (Å²) in [7, 11) is -1.42. The Bertz CT molecular complexity index is 586. The third-order valence-electron chi connectivity index (χ3n) is 4.76. The van der Waals surface area contributed by atoms with Crippen molar-refractivity contribution >= 4 is 18.7 Å². The maximum atomic E-state index is 11.9. The third kappa shape index (κ3) is 3.38. The van der Waals surface area contributed by atoms with Crippen LogP contribution in [0.5, 0.6) is 0 Å². The monoisotopic (exact) mass is 317 g/mol. The zero-order valence-corrected chi connectivity index (χ0v) is 13.9. The molecule has 124 valence electrons. The molecule has 3 saturated carbocycles. The third-order valence-corrected chi connectivity index (χ3v) is 4.76. The van der Waals surface area contributed by atoms with E-state index in [1.54, 1.807) is 12.1 Å². The summed E-state index contributed by atoms with van der Waals surface area (Å²) in [5.74, 6) is 0. The zero-order valence-electron chi connectivity index (χ0n) is 13.9. The average molecular weight is 317 g/mol.